The van der Waals surface area contributed by atoms with Gasteiger partial charge in [0.25, 0.3) is 0 Å². The molecule has 2 rings (SSSR count). The van der Waals surface area contributed by atoms with Crippen molar-refractivity contribution in [1.29, 1.82) is 0 Å². The maximum absolute atomic E-state index is 3.59. The summed E-state index contributed by atoms with van der Waals surface area (Å²) in [5.41, 5.74) is 3.62. The van der Waals surface area contributed by atoms with E-state index in [1.165, 1.54) is 11.3 Å². The van der Waals surface area contributed by atoms with Crippen LogP contribution >= 0.6 is 15.9 Å². The molecule has 0 unspecified atom stereocenters. The third kappa shape index (κ3) is 3.05. The number of nitrogens with one attached hydrogen (secondary N) is 1. The van der Waals surface area contributed by atoms with Gasteiger partial charge in [-0.2, -0.15) is 0 Å². The van der Waals surface area contributed by atoms with Crippen molar-refractivity contribution in [1.82, 2.24) is 0 Å². The van der Waals surface area contributed by atoms with E-state index in [2.05, 4.69) is 75.7 Å². The molecule has 1 N–H and O–H groups in total. The third-order valence-corrected chi connectivity index (χ3v) is 3.71. The molecule has 94 valence electrons. The minimum Gasteiger partial charge on any atom is -0.388 e. The van der Waals surface area contributed by atoms with E-state index < -0.39 is 0 Å². The van der Waals surface area contributed by atoms with E-state index >= 15 is 0 Å². The van der Waals surface area contributed by atoms with Crippen LogP contribution in [-0.2, 0) is 6.54 Å². The zero-order valence-electron chi connectivity index (χ0n) is 10.7. The molecule has 0 radical (unpaired) electrons. The molecule has 0 aliphatic rings. The van der Waals surface area contributed by atoms with Crippen molar-refractivity contribution in [3.05, 3.63) is 58.6 Å². The van der Waals surface area contributed by atoms with Crippen molar-refractivity contribution in [2.75, 3.05) is 24.3 Å². The maximum atomic E-state index is 3.59. The highest BCUT2D eigenvalue weighted by Gasteiger charge is 2.05. The van der Waals surface area contributed by atoms with Crippen LogP contribution in [0, 0.1) is 0 Å². The molecular formula is C15H17BrN2. The second-order valence-corrected chi connectivity index (χ2v) is 5.10. The van der Waals surface area contributed by atoms with Crippen molar-refractivity contribution < 1.29 is 0 Å². The summed E-state index contributed by atoms with van der Waals surface area (Å²) in [6, 6.07) is 16.7. The smallest absolute Gasteiger partial charge is 0.0437 e. The maximum Gasteiger partial charge on any atom is 0.0437 e. The van der Waals surface area contributed by atoms with Crippen LogP contribution in [0.1, 0.15) is 5.56 Å². The Bertz CT molecular complexity index is 525. The fourth-order valence-electron chi connectivity index (χ4n) is 1.87. The number of rotatable bonds is 4. The van der Waals surface area contributed by atoms with Crippen LogP contribution in [0.15, 0.2) is 53.0 Å². The van der Waals surface area contributed by atoms with E-state index in [9.17, 15) is 0 Å². The van der Waals surface area contributed by atoms with E-state index in [1.807, 2.05) is 13.1 Å². The Balaban J connectivity index is 2.16. The summed E-state index contributed by atoms with van der Waals surface area (Å²) in [5, 5.41) is 3.16. The van der Waals surface area contributed by atoms with Gasteiger partial charge in [-0.15, -0.1) is 0 Å². The zero-order valence-corrected chi connectivity index (χ0v) is 12.2. The highest BCUT2D eigenvalue weighted by molar-refractivity contribution is 9.10. The molecule has 0 heterocycles. The van der Waals surface area contributed by atoms with Gasteiger partial charge in [-0.3, -0.25) is 0 Å². The number of hydrogen-bond donors (Lipinski definition) is 1. The lowest BCUT2D eigenvalue weighted by atomic mass is 10.2. The van der Waals surface area contributed by atoms with Gasteiger partial charge in [0.15, 0.2) is 0 Å². The Morgan fingerprint density at radius 1 is 1.11 bits per heavy atom. The summed E-state index contributed by atoms with van der Waals surface area (Å²) in [5.74, 6) is 0. The van der Waals surface area contributed by atoms with Crippen LogP contribution in [-0.4, -0.2) is 14.1 Å². The Kier molecular flexibility index (Phi) is 4.26. The van der Waals surface area contributed by atoms with Crippen LogP contribution in [0.2, 0.25) is 0 Å². The van der Waals surface area contributed by atoms with Crippen LogP contribution in [0.25, 0.3) is 0 Å². The predicted octanol–water partition coefficient (Wildman–Crippen LogP) is 4.13. The number of halogens is 1. The van der Waals surface area contributed by atoms with E-state index in [-0.39, 0.29) is 0 Å². The molecule has 0 saturated heterocycles. The lowest BCUT2D eigenvalue weighted by molar-refractivity contribution is 0.919. The summed E-state index contributed by atoms with van der Waals surface area (Å²) in [6.07, 6.45) is 0. The molecule has 2 nitrogen and oxygen atoms in total. The van der Waals surface area contributed by atoms with Gasteiger partial charge < -0.3 is 10.2 Å². The quantitative estimate of drug-likeness (QED) is 0.914. The summed E-state index contributed by atoms with van der Waals surface area (Å²) in [6.45, 7) is 0.884. The first-order chi connectivity index (χ1) is 8.70. The molecule has 2 aromatic rings. The fourth-order valence-corrected chi connectivity index (χ4v) is 2.28. The zero-order chi connectivity index (χ0) is 13.0. The van der Waals surface area contributed by atoms with Gasteiger partial charge in [-0.05, 0) is 29.8 Å². The second kappa shape index (κ2) is 5.91. The standard InChI is InChI=1S/C15H17BrN2/c1-17-13-7-5-8-14(10-13)18(2)11-12-6-3-4-9-15(12)16/h3-10,17H,11H2,1-2H3. The summed E-state index contributed by atoms with van der Waals surface area (Å²) < 4.78 is 1.15. The Morgan fingerprint density at radius 3 is 2.61 bits per heavy atom. The molecule has 0 bridgehead atoms. The minimum absolute atomic E-state index is 0.884. The van der Waals surface area contributed by atoms with Gasteiger partial charge in [0, 0.05) is 36.5 Å². The molecule has 0 aromatic heterocycles. The molecule has 0 fully saturated rings. The molecule has 0 spiro atoms. The molecule has 18 heavy (non-hydrogen) atoms. The van der Waals surface area contributed by atoms with Crippen LogP contribution in [0.5, 0.6) is 0 Å². The largest absolute Gasteiger partial charge is 0.388 e. The first kappa shape index (κ1) is 13.0. The van der Waals surface area contributed by atoms with Crippen LogP contribution < -0.4 is 10.2 Å². The summed E-state index contributed by atoms with van der Waals surface area (Å²) in [7, 11) is 4.04. The molecule has 0 aliphatic heterocycles. The Morgan fingerprint density at radius 2 is 1.89 bits per heavy atom. The normalized spacial score (nSPS) is 10.2. The van der Waals surface area contributed by atoms with Gasteiger partial charge in [0.1, 0.15) is 0 Å². The van der Waals surface area contributed by atoms with E-state index in [0.29, 0.717) is 0 Å². The summed E-state index contributed by atoms with van der Waals surface area (Å²) >= 11 is 3.59. The van der Waals surface area contributed by atoms with Gasteiger partial charge in [-0.1, -0.05) is 40.2 Å². The van der Waals surface area contributed by atoms with Crippen molar-refractivity contribution >= 4 is 27.3 Å². The third-order valence-electron chi connectivity index (χ3n) is 2.94. The lowest BCUT2D eigenvalue weighted by Crippen LogP contribution is -2.16. The Labute approximate surface area is 117 Å². The number of nitrogens with zero attached hydrogens (tertiary/aromatic N) is 1. The molecule has 0 amide bonds. The average molecular weight is 305 g/mol. The van der Waals surface area contributed by atoms with Gasteiger partial charge in [0.2, 0.25) is 0 Å². The monoisotopic (exact) mass is 304 g/mol. The van der Waals surface area contributed by atoms with Gasteiger partial charge in [0.05, 0.1) is 0 Å². The van der Waals surface area contributed by atoms with Crippen molar-refractivity contribution in [3.8, 4) is 0 Å². The SMILES string of the molecule is CNc1cccc(N(C)Cc2ccccc2Br)c1. The molecule has 2 aromatic carbocycles. The molecule has 3 heteroatoms. The van der Waals surface area contributed by atoms with Gasteiger partial charge >= 0.3 is 0 Å². The van der Waals surface area contributed by atoms with E-state index in [4.69, 9.17) is 0 Å². The van der Waals surface area contributed by atoms with Crippen LogP contribution in [0.3, 0.4) is 0 Å². The fraction of sp³-hybridized carbons (Fsp3) is 0.200. The molecular weight excluding hydrogens is 288 g/mol. The van der Waals surface area contributed by atoms with Crippen LogP contribution in [0.4, 0.5) is 11.4 Å². The number of benzene rings is 2. The minimum atomic E-state index is 0.884. The molecule has 0 saturated carbocycles. The van der Waals surface area contributed by atoms with E-state index in [1.54, 1.807) is 0 Å². The van der Waals surface area contributed by atoms with Crippen molar-refractivity contribution in [2.45, 2.75) is 6.54 Å². The molecule has 0 aliphatic carbocycles. The first-order valence-electron chi connectivity index (χ1n) is 5.93. The van der Waals surface area contributed by atoms with E-state index in [0.717, 1.165) is 16.7 Å². The highest BCUT2D eigenvalue weighted by atomic mass is 79.9. The Hall–Kier alpha value is -1.48. The lowest BCUT2D eigenvalue weighted by Gasteiger charge is -2.20. The number of anilines is 2. The molecule has 0 atom stereocenters. The first-order valence-corrected chi connectivity index (χ1v) is 6.72. The van der Waals surface area contributed by atoms with Crippen molar-refractivity contribution in [2.24, 2.45) is 0 Å². The van der Waals surface area contributed by atoms with Gasteiger partial charge in [-0.25, -0.2) is 0 Å². The summed E-state index contributed by atoms with van der Waals surface area (Å²) in [4.78, 5) is 2.24. The highest BCUT2D eigenvalue weighted by Crippen LogP contribution is 2.22. The van der Waals surface area contributed by atoms with Crippen molar-refractivity contribution in [3.63, 3.8) is 0 Å². The average Bonchev–Trinajstić information content (AvgIpc) is 2.41. The topological polar surface area (TPSA) is 15.3 Å². The second-order valence-electron chi connectivity index (χ2n) is 4.25. The number of hydrogen-bond acceptors (Lipinski definition) is 2. The predicted molar refractivity (Wildman–Crippen MR) is 82.2 cm³/mol.